The van der Waals surface area contributed by atoms with E-state index < -0.39 is 10.0 Å². The fraction of sp³-hybridized carbons (Fsp3) is 0.650. The van der Waals surface area contributed by atoms with Crippen LogP contribution in [0.2, 0.25) is 0 Å². The predicted molar refractivity (Wildman–Crippen MR) is 98.2 cm³/mol. The van der Waals surface area contributed by atoms with Crippen LogP contribution >= 0.6 is 0 Å². The number of fused-ring (bicyclic) bond motifs is 2. The third-order valence-electron chi connectivity index (χ3n) is 6.64. The smallest absolute Gasteiger partial charge is 0.243 e. The Hall–Kier alpha value is -1.40. The molecule has 1 aromatic rings. The van der Waals surface area contributed by atoms with Crippen LogP contribution in [-0.2, 0) is 27.7 Å². The molecule has 2 atom stereocenters. The molecule has 0 unspecified atom stereocenters. The van der Waals surface area contributed by atoms with Crippen molar-refractivity contribution in [3.63, 3.8) is 0 Å². The fourth-order valence-corrected chi connectivity index (χ4v) is 6.82. The van der Waals surface area contributed by atoms with Crippen molar-refractivity contribution in [2.24, 2.45) is 11.8 Å². The van der Waals surface area contributed by atoms with Crippen LogP contribution in [0.15, 0.2) is 23.1 Å². The minimum Gasteiger partial charge on any atom is -0.340 e. The van der Waals surface area contributed by atoms with E-state index in [9.17, 15) is 13.2 Å². The van der Waals surface area contributed by atoms with Crippen LogP contribution in [0.25, 0.3) is 0 Å². The van der Waals surface area contributed by atoms with Gasteiger partial charge in [0, 0.05) is 31.6 Å². The average Bonchev–Trinajstić information content (AvgIpc) is 3.22. The summed E-state index contributed by atoms with van der Waals surface area (Å²) in [4.78, 5) is 14.8. The average molecular weight is 375 g/mol. The van der Waals surface area contributed by atoms with E-state index in [2.05, 4.69) is 0 Å². The number of piperidine rings is 1. The Morgan fingerprint density at radius 2 is 1.81 bits per heavy atom. The molecule has 6 heteroatoms. The number of carbonyl (C=O) groups excluding carboxylic acids is 1. The van der Waals surface area contributed by atoms with Gasteiger partial charge in [0.15, 0.2) is 0 Å². The van der Waals surface area contributed by atoms with Crippen molar-refractivity contribution in [3.05, 3.63) is 29.3 Å². The molecule has 0 radical (unpaired) electrons. The topological polar surface area (TPSA) is 57.7 Å². The van der Waals surface area contributed by atoms with Crippen LogP contribution in [0, 0.1) is 11.8 Å². The van der Waals surface area contributed by atoms with E-state index in [0.29, 0.717) is 18.0 Å². The molecule has 0 N–H and O–H groups in total. The number of likely N-dealkylation sites (tertiary alicyclic amines) is 1. The summed E-state index contributed by atoms with van der Waals surface area (Å²) in [5, 5.41) is 0. The quantitative estimate of drug-likeness (QED) is 0.815. The molecular formula is C20H26N2O3S. The maximum absolute atomic E-state index is 13.4. The number of carbonyl (C=O) groups is 1. The summed E-state index contributed by atoms with van der Waals surface area (Å²) in [6.45, 7) is 1.88. The van der Waals surface area contributed by atoms with E-state index in [-0.39, 0.29) is 23.8 Å². The molecule has 5 nitrogen and oxygen atoms in total. The monoisotopic (exact) mass is 374 g/mol. The van der Waals surface area contributed by atoms with Crippen molar-refractivity contribution in [1.29, 1.82) is 0 Å². The summed E-state index contributed by atoms with van der Waals surface area (Å²) in [7, 11) is -3.50. The zero-order valence-corrected chi connectivity index (χ0v) is 15.9. The van der Waals surface area contributed by atoms with E-state index in [1.807, 2.05) is 17.0 Å². The predicted octanol–water partition coefficient (Wildman–Crippen LogP) is 2.20. The summed E-state index contributed by atoms with van der Waals surface area (Å²) in [5.41, 5.74) is 2.49. The first kappa shape index (κ1) is 16.8. The molecule has 1 amide bonds. The Kier molecular flexibility index (Phi) is 3.90. The van der Waals surface area contributed by atoms with Gasteiger partial charge >= 0.3 is 0 Å². The van der Waals surface area contributed by atoms with Gasteiger partial charge in [-0.15, -0.1) is 0 Å². The lowest BCUT2D eigenvalue weighted by molar-refractivity contribution is -0.131. The molecule has 2 aliphatic heterocycles. The molecule has 3 fully saturated rings. The zero-order chi connectivity index (χ0) is 17.9. The first-order valence-electron chi connectivity index (χ1n) is 9.96. The van der Waals surface area contributed by atoms with Crippen LogP contribution in [-0.4, -0.2) is 49.2 Å². The summed E-state index contributed by atoms with van der Waals surface area (Å²) in [6, 6.07) is 5.62. The van der Waals surface area contributed by atoms with Crippen molar-refractivity contribution < 1.29 is 13.2 Å². The van der Waals surface area contributed by atoms with Crippen molar-refractivity contribution >= 4 is 15.9 Å². The van der Waals surface area contributed by atoms with Crippen molar-refractivity contribution in [3.8, 4) is 0 Å². The molecule has 0 aromatic heterocycles. The molecule has 26 heavy (non-hydrogen) atoms. The summed E-state index contributed by atoms with van der Waals surface area (Å²) in [5.74, 6) is 0.738. The van der Waals surface area contributed by atoms with Crippen LogP contribution in [0.1, 0.15) is 43.2 Å². The number of rotatable bonds is 3. The Bertz CT molecular complexity index is 847. The molecule has 2 heterocycles. The summed E-state index contributed by atoms with van der Waals surface area (Å²) in [6.07, 6.45) is 7.07. The highest BCUT2D eigenvalue weighted by molar-refractivity contribution is 7.89. The van der Waals surface area contributed by atoms with Gasteiger partial charge in [0.25, 0.3) is 0 Å². The Morgan fingerprint density at radius 1 is 1.00 bits per heavy atom. The van der Waals surface area contributed by atoms with E-state index in [1.165, 1.54) is 11.1 Å². The number of aryl methyl sites for hydroxylation is 2. The molecule has 0 spiro atoms. The van der Waals surface area contributed by atoms with Crippen LogP contribution in [0.5, 0.6) is 0 Å². The van der Waals surface area contributed by atoms with E-state index in [4.69, 9.17) is 0 Å². The third kappa shape index (κ3) is 2.69. The standard InChI is InChI=1S/C20H26N2O3S/c23-20(15-6-7-15)21-12-17-5-2-10-22(19(17)13-21)26(24,25)18-9-8-14-3-1-4-16(14)11-18/h8-9,11,15,17,19H,1-7,10,12-13H2/t17-,19+/m1/s1. The van der Waals surface area contributed by atoms with E-state index in [1.54, 1.807) is 10.4 Å². The van der Waals surface area contributed by atoms with Crippen LogP contribution in [0.3, 0.4) is 0 Å². The Balaban J connectivity index is 1.42. The first-order valence-corrected chi connectivity index (χ1v) is 11.4. The number of amides is 1. The zero-order valence-electron chi connectivity index (χ0n) is 15.1. The maximum atomic E-state index is 13.4. The molecule has 4 aliphatic rings. The summed E-state index contributed by atoms with van der Waals surface area (Å²) >= 11 is 0. The normalized spacial score (nSPS) is 28.8. The highest BCUT2D eigenvalue weighted by Crippen LogP contribution is 2.38. The molecule has 1 aromatic carbocycles. The SMILES string of the molecule is O=C(C1CC1)N1C[C@H]2CCCN(S(=O)(=O)c3ccc4c(c3)CCC4)[C@H]2C1. The number of nitrogens with zero attached hydrogens (tertiary/aromatic N) is 2. The lowest BCUT2D eigenvalue weighted by Gasteiger charge is -2.35. The largest absolute Gasteiger partial charge is 0.340 e. The second kappa shape index (κ2) is 6.06. The number of sulfonamides is 1. The molecule has 2 saturated heterocycles. The molecule has 2 aliphatic carbocycles. The highest BCUT2D eigenvalue weighted by Gasteiger charge is 2.47. The van der Waals surface area contributed by atoms with Gasteiger partial charge in [0.1, 0.15) is 0 Å². The molecular weight excluding hydrogens is 348 g/mol. The van der Waals surface area contributed by atoms with Crippen LogP contribution < -0.4 is 0 Å². The third-order valence-corrected chi connectivity index (χ3v) is 8.57. The number of benzene rings is 1. The van der Waals surface area contributed by atoms with Crippen LogP contribution in [0.4, 0.5) is 0 Å². The van der Waals surface area contributed by atoms with E-state index in [0.717, 1.165) is 51.5 Å². The van der Waals surface area contributed by atoms with Crippen molar-refractivity contribution in [2.75, 3.05) is 19.6 Å². The Morgan fingerprint density at radius 3 is 2.62 bits per heavy atom. The van der Waals surface area contributed by atoms with Gasteiger partial charge in [0.05, 0.1) is 4.90 Å². The van der Waals surface area contributed by atoms with Gasteiger partial charge in [-0.05, 0) is 74.1 Å². The molecule has 140 valence electrons. The number of hydrogen-bond acceptors (Lipinski definition) is 3. The maximum Gasteiger partial charge on any atom is 0.243 e. The van der Waals surface area contributed by atoms with Gasteiger partial charge < -0.3 is 4.90 Å². The number of hydrogen-bond donors (Lipinski definition) is 0. The van der Waals surface area contributed by atoms with Gasteiger partial charge in [-0.3, -0.25) is 4.79 Å². The molecule has 0 bridgehead atoms. The minimum atomic E-state index is -3.50. The second-order valence-electron chi connectivity index (χ2n) is 8.39. The minimum absolute atomic E-state index is 0.0512. The van der Waals surface area contributed by atoms with Gasteiger partial charge in [-0.2, -0.15) is 4.31 Å². The van der Waals surface area contributed by atoms with Crippen molar-refractivity contribution in [2.45, 2.75) is 55.9 Å². The van der Waals surface area contributed by atoms with Gasteiger partial charge in [-0.25, -0.2) is 8.42 Å². The molecule has 5 rings (SSSR count). The lowest BCUT2D eigenvalue weighted by atomic mass is 9.94. The highest BCUT2D eigenvalue weighted by atomic mass is 32.2. The van der Waals surface area contributed by atoms with Gasteiger partial charge in [0.2, 0.25) is 15.9 Å². The first-order chi connectivity index (χ1) is 12.5. The summed E-state index contributed by atoms with van der Waals surface area (Å²) < 4.78 is 28.5. The second-order valence-corrected chi connectivity index (χ2v) is 10.3. The van der Waals surface area contributed by atoms with Gasteiger partial charge in [-0.1, -0.05) is 6.07 Å². The Labute approximate surface area is 155 Å². The lowest BCUT2D eigenvalue weighted by Crippen LogP contribution is -2.48. The van der Waals surface area contributed by atoms with E-state index >= 15 is 0 Å². The fourth-order valence-electron chi connectivity index (χ4n) is 5.05. The van der Waals surface area contributed by atoms with Crippen molar-refractivity contribution in [1.82, 2.24) is 9.21 Å². The molecule has 1 saturated carbocycles.